The van der Waals surface area contributed by atoms with Gasteiger partial charge in [0.1, 0.15) is 12.6 Å². The first-order valence-electron chi connectivity index (χ1n) is 18.8. The molecule has 2 N–H and O–H groups in total. The number of hydrogen-bond donors (Lipinski definition) is 2. The van der Waals surface area contributed by atoms with Crippen molar-refractivity contribution in [3.8, 4) is 0 Å². The van der Waals surface area contributed by atoms with Crippen LogP contribution < -0.4 is 5.32 Å². The van der Waals surface area contributed by atoms with Gasteiger partial charge in [-0.1, -0.05) is 142 Å². The van der Waals surface area contributed by atoms with Crippen LogP contribution in [0.15, 0.2) is 12.2 Å². The Kier molecular flexibility index (Phi) is 32.6. The van der Waals surface area contributed by atoms with Crippen molar-refractivity contribution in [3.63, 3.8) is 0 Å². The molecule has 0 aliphatic rings. The smallest absolute Gasteiger partial charge is 0.322 e. The number of allylic oxidation sites excluding steroid dienone is 2. The first-order valence-corrected chi connectivity index (χ1v) is 18.8. The molecular formula is C38H71NO5. The monoisotopic (exact) mass is 622 g/mol. The minimum atomic E-state index is -1.02. The minimum Gasteiger partial charge on any atom is -0.480 e. The maximum atomic E-state index is 12.6. The highest BCUT2D eigenvalue weighted by Crippen LogP contribution is 2.18. The molecule has 0 aromatic heterocycles. The van der Waals surface area contributed by atoms with Crippen LogP contribution in [0.25, 0.3) is 0 Å². The molecule has 0 radical (unpaired) electrons. The lowest BCUT2D eigenvalue weighted by atomic mass is 10.0. The number of carbonyl (C=O) groups excluding carboxylic acids is 2. The predicted molar refractivity (Wildman–Crippen MR) is 185 cm³/mol. The number of unbranched alkanes of at least 4 members (excludes halogenated alkanes) is 21. The van der Waals surface area contributed by atoms with Crippen LogP contribution in [0.1, 0.15) is 200 Å². The molecule has 0 fully saturated rings. The highest BCUT2D eigenvalue weighted by Gasteiger charge is 2.14. The number of esters is 1. The number of amides is 1. The number of carboxylic acid groups (broad SMARTS) is 1. The van der Waals surface area contributed by atoms with E-state index in [0.717, 1.165) is 70.6 Å². The Bertz CT molecular complexity index is 693. The first-order chi connectivity index (χ1) is 21.5. The van der Waals surface area contributed by atoms with Crippen molar-refractivity contribution in [1.82, 2.24) is 5.32 Å². The van der Waals surface area contributed by atoms with Gasteiger partial charge in [-0.3, -0.25) is 14.4 Å². The molecule has 0 saturated heterocycles. The van der Waals surface area contributed by atoms with Gasteiger partial charge < -0.3 is 15.2 Å². The van der Waals surface area contributed by atoms with E-state index in [2.05, 4.69) is 31.3 Å². The van der Waals surface area contributed by atoms with Crippen LogP contribution >= 0.6 is 0 Å². The van der Waals surface area contributed by atoms with Crippen molar-refractivity contribution >= 4 is 17.8 Å². The average molecular weight is 622 g/mol. The molecule has 0 aromatic rings. The molecule has 6 heteroatoms. The Labute approximate surface area is 271 Å². The number of ether oxygens (including phenoxy) is 1. The van der Waals surface area contributed by atoms with Gasteiger partial charge in [0.25, 0.3) is 0 Å². The summed E-state index contributed by atoms with van der Waals surface area (Å²) >= 11 is 0. The Morgan fingerprint density at radius 3 is 1.55 bits per heavy atom. The molecule has 1 atom stereocenters. The van der Waals surface area contributed by atoms with Crippen molar-refractivity contribution in [3.05, 3.63) is 12.2 Å². The van der Waals surface area contributed by atoms with Crippen molar-refractivity contribution < 1.29 is 24.2 Å². The fraction of sp³-hybridized carbons (Fsp3) is 0.868. The SMILES string of the molecule is CCCCCCCC/C=C\CCCC(CCCCCCCC(=O)NCC(=O)O)OC(=O)CCCCCCCCCCCCC. The summed E-state index contributed by atoms with van der Waals surface area (Å²) < 4.78 is 5.98. The van der Waals surface area contributed by atoms with E-state index in [4.69, 9.17) is 9.84 Å². The minimum absolute atomic E-state index is 0.00368. The highest BCUT2D eigenvalue weighted by atomic mass is 16.5. The highest BCUT2D eigenvalue weighted by molar-refractivity contribution is 5.80. The maximum Gasteiger partial charge on any atom is 0.322 e. The summed E-state index contributed by atoms with van der Waals surface area (Å²) in [5.74, 6) is -1.24. The van der Waals surface area contributed by atoms with Gasteiger partial charge in [-0.2, -0.15) is 0 Å². The molecule has 0 spiro atoms. The van der Waals surface area contributed by atoms with Gasteiger partial charge >= 0.3 is 11.9 Å². The standard InChI is InChI=1S/C38H71NO5/c1-3-5-7-9-11-13-15-17-19-22-26-30-35(31-27-23-21-24-28-32-36(40)39-34-37(41)42)44-38(43)33-29-25-20-18-16-14-12-10-8-6-4-2/h17,19,35H,3-16,18,20-34H2,1-2H3,(H,39,40)(H,41,42)/b19-17-. The second-order valence-corrected chi connectivity index (χ2v) is 12.8. The lowest BCUT2D eigenvalue weighted by Crippen LogP contribution is -2.28. The van der Waals surface area contributed by atoms with E-state index in [-0.39, 0.29) is 24.5 Å². The van der Waals surface area contributed by atoms with Crippen LogP contribution in [0.5, 0.6) is 0 Å². The van der Waals surface area contributed by atoms with Crippen LogP contribution in [-0.4, -0.2) is 35.6 Å². The molecule has 1 amide bonds. The normalized spacial score (nSPS) is 12.0. The quantitative estimate of drug-likeness (QED) is 0.0423. The summed E-state index contributed by atoms with van der Waals surface area (Å²) in [4.78, 5) is 34.8. The molecule has 258 valence electrons. The topological polar surface area (TPSA) is 92.7 Å². The zero-order chi connectivity index (χ0) is 32.4. The Morgan fingerprint density at radius 1 is 0.568 bits per heavy atom. The van der Waals surface area contributed by atoms with Crippen molar-refractivity contribution in [2.24, 2.45) is 0 Å². The number of carboxylic acids is 1. The van der Waals surface area contributed by atoms with Crippen LogP contribution in [0.3, 0.4) is 0 Å². The van der Waals surface area contributed by atoms with Gasteiger partial charge in [-0.05, 0) is 57.8 Å². The summed E-state index contributed by atoms with van der Waals surface area (Å²) in [5.41, 5.74) is 0. The number of aliphatic carboxylic acids is 1. The van der Waals surface area contributed by atoms with Crippen LogP contribution in [0.2, 0.25) is 0 Å². The Morgan fingerprint density at radius 2 is 1.00 bits per heavy atom. The third kappa shape index (κ3) is 33.1. The summed E-state index contributed by atoms with van der Waals surface area (Å²) in [7, 11) is 0. The van der Waals surface area contributed by atoms with Gasteiger partial charge in [0, 0.05) is 12.8 Å². The third-order valence-electron chi connectivity index (χ3n) is 8.44. The van der Waals surface area contributed by atoms with Crippen molar-refractivity contribution in [1.29, 1.82) is 0 Å². The van der Waals surface area contributed by atoms with E-state index in [1.165, 1.54) is 103 Å². The molecular weight excluding hydrogens is 550 g/mol. The van der Waals surface area contributed by atoms with Gasteiger partial charge in [-0.15, -0.1) is 0 Å². The molecule has 44 heavy (non-hydrogen) atoms. The fourth-order valence-electron chi connectivity index (χ4n) is 5.63. The lowest BCUT2D eigenvalue weighted by Gasteiger charge is -2.18. The van der Waals surface area contributed by atoms with Crippen molar-refractivity contribution in [2.45, 2.75) is 206 Å². The van der Waals surface area contributed by atoms with Crippen LogP contribution in [0, 0.1) is 0 Å². The molecule has 0 bridgehead atoms. The maximum absolute atomic E-state index is 12.6. The van der Waals surface area contributed by atoms with Crippen LogP contribution in [-0.2, 0) is 19.1 Å². The number of rotatable bonds is 34. The molecule has 1 unspecified atom stereocenters. The van der Waals surface area contributed by atoms with E-state index in [1.807, 2.05) is 0 Å². The molecule has 0 aromatic carbocycles. The summed E-state index contributed by atoms with van der Waals surface area (Å²) in [5, 5.41) is 11.0. The van der Waals surface area contributed by atoms with Gasteiger partial charge in [0.05, 0.1) is 0 Å². The second kappa shape index (κ2) is 34.0. The zero-order valence-corrected chi connectivity index (χ0v) is 29.0. The van der Waals surface area contributed by atoms with E-state index in [0.29, 0.717) is 12.8 Å². The summed E-state index contributed by atoms with van der Waals surface area (Å²) in [6.07, 6.45) is 37.5. The average Bonchev–Trinajstić information content (AvgIpc) is 3.00. The Balaban J connectivity index is 4.20. The number of nitrogens with one attached hydrogen (secondary N) is 1. The number of hydrogen-bond acceptors (Lipinski definition) is 4. The molecule has 6 nitrogen and oxygen atoms in total. The lowest BCUT2D eigenvalue weighted by molar-refractivity contribution is -0.150. The summed E-state index contributed by atoms with van der Waals surface area (Å²) in [6, 6.07) is 0. The van der Waals surface area contributed by atoms with E-state index < -0.39 is 5.97 Å². The molecule has 0 saturated carbocycles. The van der Waals surface area contributed by atoms with E-state index >= 15 is 0 Å². The van der Waals surface area contributed by atoms with E-state index in [1.54, 1.807) is 0 Å². The first kappa shape index (κ1) is 42.1. The Hall–Kier alpha value is -1.85. The van der Waals surface area contributed by atoms with Crippen LogP contribution in [0.4, 0.5) is 0 Å². The van der Waals surface area contributed by atoms with Gasteiger partial charge in [0.2, 0.25) is 5.91 Å². The molecule has 0 heterocycles. The van der Waals surface area contributed by atoms with Gasteiger partial charge in [-0.25, -0.2) is 0 Å². The van der Waals surface area contributed by atoms with Crippen molar-refractivity contribution in [2.75, 3.05) is 6.54 Å². The second-order valence-electron chi connectivity index (χ2n) is 12.8. The zero-order valence-electron chi connectivity index (χ0n) is 29.0. The fourth-order valence-corrected chi connectivity index (χ4v) is 5.63. The molecule has 0 rings (SSSR count). The van der Waals surface area contributed by atoms with E-state index in [9.17, 15) is 14.4 Å². The molecule has 0 aliphatic carbocycles. The number of carbonyl (C=O) groups is 3. The molecule has 0 aliphatic heterocycles. The predicted octanol–water partition coefficient (Wildman–Crippen LogP) is 11.0. The van der Waals surface area contributed by atoms with Gasteiger partial charge in [0.15, 0.2) is 0 Å². The summed E-state index contributed by atoms with van der Waals surface area (Å²) in [6.45, 7) is 4.21. The largest absolute Gasteiger partial charge is 0.480 e. The third-order valence-corrected chi connectivity index (χ3v) is 8.44.